The third-order valence-electron chi connectivity index (χ3n) is 4.47. The number of methoxy groups -OCH3 is 1. The largest absolute Gasteiger partial charge is 0.497 e. The zero-order valence-corrected chi connectivity index (χ0v) is 14.2. The summed E-state index contributed by atoms with van der Waals surface area (Å²) in [5, 5.41) is 16.2. The van der Waals surface area contributed by atoms with Gasteiger partial charge in [-0.2, -0.15) is 5.10 Å². The molecule has 2 atom stereocenters. The number of carboxylic acid groups (broad SMARTS) is 1. The predicted molar refractivity (Wildman–Crippen MR) is 91.4 cm³/mol. The van der Waals surface area contributed by atoms with Crippen LogP contribution in [0.1, 0.15) is 23.8 Å². The van der Waals surface area contributed by atoms with Crippen molar-refractivity contribution in [1.82, 2.24) is 15.1 Å². The lowest BCUT2D eigenvalue weighted by atomic mass is 9.90. The van der Waals surface area contributed by atoms with E-state index in [2.05, 4.69) is 10.2 Å². The number of likely N-dealkylation sites (tertiary alicyclic amines) is 1. The molecule has 1 aliphatic heterocycles. The Balaban J connectivity index is 1.79. The van der Waals surface area contributed by atoms with Gasteiger partial charge in [0.05, 0.1) is 18.7 Å². The Bertz CT molecular complexity index is 786. The van der Waals surface area contributed by atoms with Crippen molar-refractivity contribution >= 4 is 11.9 Å². The first kappa shape index (κ1) is 17.0. The fourth-order valence-electron chi connectivity index (χ4n) is 3.23. The third-order valence-corrected chi connectivity index (χ3v) is 4.47. The molecule has 0 aliphatic carbocycles. The number of aromatic nitrogens is 2. The summed E-state index contributed by atoms with van der Waals surface area (Å²) < 4.78 is 5.20. The standard InChI is InChI=1S/C18H21N3O4/c1-11-6-13(18(23)24)10-21(9-11)17(22)16-8-15(19-20-16)12-4-3-5-14(7-12)25-2/h3-5,7-8,11,13H,6,9-10H2,1-2H3,(H,19,20)(H,23,24). The Hall–Kier alpha value is -2.83. The number of aliphatic carboxylic acids is 1. The van der Waals surface area contributed by atoms with E-state index in [-0.39, 0.29) is 18.4 Å². The van der Waals surface area contributed by atoms with Gasteiger partial charge in [0.15, 0.2) is 0 Å². The molecule has 3 rings (SSSR count). The number of hydrogen-bond donors (Lipinski definition) is 2. The number of carbonyl (C=O) groups excluding carboxylic acids is 1. The summed E-state index contributed by atoms with van der Waals surface area (Å²) in [7, 11) is 1.59. The molecule has 2 N–H and O–H groups in total. The molecule has 1 aromatic heterocycles. The molecule has 7 nitrogen and oxygen atoms in total. The van der Waals surface area contributed by atoms with Crippen molar-refractivity contribution in [3.63, 3.8) is 0 Å². The Morgan fingerprint density at radius 2 is 2.12 bits per heavy atom. The van der Waals surface area contributed by atoms with Gasteiger partial charge in [-0.05, 0) is 30.5 Å². The fraction of sp³-hybridized carbons (Fsp3) is 0.389. The first-order chi connectivity index (χ1) is 12.0. The van der Waals surface area contributed by atoms with Gasteiger partial charge in [-0.1, -0.05) is 19.1 Å². The number of ether oxygens (including phenoxy) is 1. The summed E-state index contributed by atoms with van der Waals surface area (Å²) in [6.45, 7) is 2.74. The molecule has 0 spiro atoms. The van der Waals surface area contributed by atoms with E-state index in [1.807, 2.05) is 31.2 Å². The zero-order chi connectivity index (χ0) is 18.0. The van der Waals surface area contributed by atoms with Crippen LogP contribution in [0.2, 0.25) is 0 Å². The molecular formula is C18H21N3O4. The third kappa shape index (κ3) is 3.65. The van der Waals surface area contributed by atoms with E-state index >= 15 is 0 Å². The van der Waals surface area contributed by atoms with Gasteiger partial charge in [-0.3, -0.25) is 14.7 Å². The average molecular weight is 343 g/mol. The van der Waals surface area contributed by atoms with Crippen LogP contribution in [-0.2, 0) is 4.79 Å². The molecule has 1 aliphatic rings. The molecule has 7 heteroatoms. The van der Waals surface area contributed by atoms with Crippen molar-refractivity contribution < 1.29 is 19.4 Å². The number of piperidine rings is 1. The van der Waals surface area contributed by atoms with Gasteiger partial charge in [-0.25, -0.2) is 0 Å². The minimum Gasteiger partial charge on any atom is -0.497 e. The van der Waals surface area contributed by atoms with E-state index in [0.29, 0.717) is 30.1 Å². The molecule has 1 amide bonds. The van der Waals surface area contributed by atoms with Crippen LogP contribution in [0.3, 0.4) is 0 Å². The topological polar surface area (TPSA) is 95.5 Å². The quantitative estimate of drug-likeness (QED) is 0.888. The van der Waals surface area contributed by atoms with E-state index in [1.165, 1.54) is 0 Å². The summed E-state index contributed by atoms with van der Waals surface area (Å²) in [6, 6.07) is 9.11. The maximum atomic E-state index is 12.7. The lowest BCUT2D eigenvalue weighted by Crippen LogP contribution is -2.45. The van der Waals surface area contributed by atoms with E-state index in [9.17, 15) is 14.7 Å². The minimum absolute atomic E-state index is 0.152. The number of nitrogens with zero attached hydrogens (tertiary/aromatic N) is 2. The highest BCUT2D eigenvalue weighted by Gasteiger charge is 2.32. The van der Waals surface area contributed by atoms with Crippen molar-refractivity contribution in [2.75, 3.05) is 20.2 Å². The Labute approximate surface area is 145 Å². The number of aromatic amines is 1. The molecule has 2 heterocycles. The van der Waals surface area contributed by atoms with Crippen molar-refractivity contribution in [2.45, 2.75) is 13.3 Å². The number of carboxylic acids is 1. The number of nitrogens with one attached hydrogen (secondary N) is 1. The van der Waals surface area contributed by atoms with Crippen LogP contribution in [0, 0.1) is 11.8 Å². The van der Waals surface area contributed by atoms with Gasteiger partial charge in [-0.15, -0.1) is 0 Å². The van der Waals surface area contributed by atoms with Crippen molar-refractivity contribution in [3.05, 3.63) is 36.0 Å². The summed E-state index contributed by atoms with van der Waals surface area (Å²) in [6.07, 6.45) is 0.594. The highest BCUT2D eigenvalue weighted by atomic mass is 16.5. The molecular weight excluding hydrogens is 322 g/mol. The number of hydrogen-bond acceptors (Lipinski definition) is 4. The van der Waals surface area contributed by atoms with Crippen molar-refractivity contribution in [3.8, 4) is 17.0 Å². The summed E-state index contributed by atoms with van der Waals surface area (Å²) in [5.74, 6) is -0.735. The Morgan fingerprint density at radius 1 is 1.32 bits per heavy atom. The monoisotopic (exact) mass is 343 g/mol. The van der Waals surface area contributed by atoms with Crippen LogP contribution in [0.4, 0.5) is 0 Å². The van der Waals surface area contributed by atoms with E-state index in [0.717, 1.165) is 5.56 Å². The number of amides is 1. The molecule has 132 valence electrons. The normalized spacial score (nSPS) is 20.3. The van der Waals surface area contributed by atoms with Crippen molar-refractivity contribution in [1.29, 1.82) is 0 Å². The lowest BCUT2D eigenvalue weighted by Gasteiger charge is -2.34. The maximum absolute atomic E-state index is 12.7. The number of H-pyrrole nitrogens is 1. The van der Waals surface area contributed by atoms with E-state index in [4.69, 9.17) is 4.74 Å². The van der Waals surface area contributed by atoms with Crippen LogP contribution >= 0.6 is 0 Å². The summed E-state index contributed by atoms with van der Waals surface area (Å²) >= 11 is 0. The second-order valence-corrected chi connectivity index (χ2v) is 6.48. The van der Waals surface area contributed by atoms with Gasteiger partial charge in [0.2, 0.25) is 0 Å². The van der Waals surface area contributed by atoms with Crippen molar-refractivity contribution in [2.24, 2.45) is 11.8 Å². The average Bonchev–Trinajstić information content (AvgIpc) is 3.10. The highest BCUT2D eigenvalue weighted by molar-refractivity contribution is 5.93. The first-order valence-corrected chi connectivity index (χ1v) is 8.20. The van der Waals surface area contributed by atoms with Gasteiger partial charge < -0.3 is 14.7 Å². The van der Waals surface area contributed by atoms with Gasteiger partial charge >= 0.3 is 5.97 Å². The Morgan fingerprint density at radius 3 is 2.84 bits per heavy atom. The molecule has 2 aromatic rings. The van der Waals surface area contributed by atoms with Crippen LogP contribution < -0.4 is 4.74 Å². The zero-order valence-electron chi connectivity index (χ0n) is 14.2. The SMILES string of the molecule is COc1cccc(-c2cc(C(=O)N3CC(C)CC(C(=O)O)C3)[nH]n2)c1. The lowest BCUT2D eigenvalue weighted by molar-refractivity contribution is -0.143. The first-order valence-electron chi connectivity index (χ1n) is 8.20. The molecule has 1 saturated heterocycles. The smallest absolute Gasteiger partial charge is 0.308 e. The molecule has 1 fully saturated rings. The van der Waals surface area contributed by atoms with Gasteiger partial charge in [0, 0.05) is 18.7 Å². The number of rotatable bonds is 4. The molecule has 0 saturated carbocycles. The predicted octanol–water partition coefficient (Wildman–Crippen LogP) is 2.27. The van der Waals surface area contributed by atoms with Crippen LogP contribution in [0.25, 0.3) is 11.3 Å². The maximum Gasteiger partial charge on any atom is 0.308 e. The molecule has 25 heavy (non-hydrogen) atoms. The summed E-state index contributed by atoms with van der Waals surface area (Å²) in [5.41, 5.74) is 1.84. The number of benzene rings is 1. The van der Waals surface area contributed by atoms with Gasteiger partial charge in [0.25, 0.3) is 5.91 Å². The van der Waals surface area contributed by atoms with E-state index < -0.39 is 11.9 Å². The molecule has 2 unspecified atom stereocenters. The van der Waals surface area contributed by atoms with Crippen LogP contribution in [0.5, 0.6) is 5.75 Å². The van der Waals surface area contributed by atoms with E-state index in [1.54, 1.807) is 18.1 Å². The second kappa shape index (κ2) is 6.96. The molecule has 0 radical (unpaired) electrons. The highest BCUT2D eigenvalue weighted by Crippen LogP contribution is 2.25. The fourth-order valence-corrected chi connectivity index (χ4v) is 3.23. The summed E-state index contributed by atoms with van der Waals surface area (Å²) in [4.78, 5) is 25.6. The number of carbonyl (C=O) groups is 2. The van der Waals surface area contributed by atoms with Gasteiger partial charge in [0.1, 0.15) is 11.4 Å². The Kier molecular flexibility index (Phi) is 4.74. The second-order valence-electron chi connectivity index (χ2n) is 6.48. The van der Waals surface area contributed by atoms with Crippen LogP contribution in [-0.4, -0.2) is 52.3 Å². The molecule has 1 aromatic carbocycles. The minimum atomic E-state index is -0.856. The molecule has 0 bridgehead atoms. The van der Waals surface area contributed by atoms with Crippen LogP contribution in [0.15, 0.2) is 30.3 Å².